The fourth-order valence-corrected chi connectivity index (χ4v) is 3.08. The summed E-state index contributed by atoms with van der Waals surface area (Å²) in [5, 5.41) is 3.13. The fourth-order valence-electron chi connectivity index (χ4n) is 3.08. The average Bonchev–Trinajstić information content (AvgIpc) is 3.04. The van der Waals surface area contributed by atoms with Gasteiger partial charge in [0.1, 0.15) is 18.2 Å². The zero-order valence-electron chi connectivity index (χ0n) is 15.8. The van der Waals surface area contributed by atoms with Gasteiger partial charge in [0.15, 0.2) is 17.4 Å². The van der Waals surface area contributed by atoms with Gasteiger partial charge in [0.2, 0.25) is 5.88 Å². The molecule has 1 aliphatic rings. The van der Waals surface area contributed by atoms with Gasteiger partial charge in [0, 0.05) is 36.6 Å². The highest BCUT2D eigenvalue weighted by Gasteiger charge is 2.20. The fraction of sp³-hybridized carbons (Fsp3) is 0.250. The van der Waals surface area contributed by atoms with E-state index in [-0.39, 0.29) is 29.8 Å². The van der Waals surface area contributed by atoms with Crippen molar-refractivity contribution in [3.63, 3.8) is 0 Å². The molecule has 1 atom stereocenters. The molecule has 0 radical (unpaired) electrons. The minimum atomic E-state index is -0.865. The number of nitrogens with zero attached hydrogens (tertiary/aromatic N) is 3. The molecular formula is C20H18F2N4O3. The molecule has 7 nitrogen and oxygen atoms in total. The second kappa shape index (κ2) is 7.50. The first-order valence-corrected chi connectivity index (χ1v) is 8.98. The van der Waals surface area contributed by atoms with E-state index in [1.165, 1.54) is 16.8 Å². The largest absolute Gasteiger partial charge is 0.473 e. The molecular weight excluding hydrogens is 382 g/mol. The molecule has 29 heavy (non-hydrogen) atoms. The maximum absolute atomic E-state index is 14.4. The summed E-state index contributed by atoms with van der Waals surface area (Å²) in [5.74, 6) is -1.28. The average molecular weight is 400 g/mol. The Morgan fingerprint density at radius 1 is 1.24 bits per heavy atom. The first-order valence-electron chi connectivity index (χ1n) is 8.98. The summed E-state index contributed by atoms with van der Waals surface area (Å²) >= 11 is 0. The van der Waals surface area contributed by atoms with Gasteiger partial charge in [-0.15, -0.1) is 0 Å². The maximum atomic E-state index is 14.4. The SMILES string of the molecule is Cc1cc(Oc2c(F)cc(COc3cc4n(c(=O)n3)C[C@@H](C)N4)cc2F)ccn1. The van der Waals surface area contributed by atoms with E-state index in [4.69, 9.17) is 9.47 Å². The number of anilines is 1. The number of ether oxygens (including phenoxy) is 2. The molecule has 3 aromatic rings. The Kier molecular flexibility index (Phi) is 4.87. The molecule has 0 aliphatic carbocycles. The molecule has 0 amide bonds. The Bertz CT molecular complexity index is 1110. The third-order valence-corrected chi connectivity index (χ3v) is 4.37. The molecule has 0 fully saturated rings. The number of aryl methyl sites for hydroxylation is 1. The van der Waals surface area contributed by atoms with Gasteiger partial charge in [-0.1, -0.05) is 0 Å². The van der Waals surface area contributed by atoms with Crippen molar-refractivity contribution < 1.29 is 18.3 Å². The number of pyridine rings is 1. The van der Waals surface area contributed by atoms with Crippen molar-refractivity contribution >= 4 is 5.82 Å². The third kappa shape index (κ3) is 4.03. The highest BCUT2D eigenvalue weighted by atomic mass is 19.1. The lowest BCUT2D eigenvalue weighted by Gasteiger charge is -2.11. The van der Waals surface area contributed by atoms with Crippen LogP contribution in [-0.2, 0) is 13.2 Å². The number of fused-ring (bicyclic) bond motifs is 1. The zero-order valence-corrected chi connectivity index (χ0v) is 15.8. The van der Waals surface area contributed by atoms with Crippen LogP contribution in [0.1, 0.15) is 18.2 Å². The normalized spacial score (nSPS) is 15.0. The van der Waals surface area contributed by atoms with Gasteiger partial charge in [-0.05, 0) is 37.6 Å². The van der Waals surface area contributed by atoms with Crippen LogP contribution in [0.3, 0.4) is 0 Å². The lowest BCUT2D eigenvalue weighted by Crippen LogP contribution is -2.22. The maximum Gasteiger partial charge on any atom is 0.352 e. The standard InChI is InChI=1S/C20H18F2N4O3/c1-11-5-14(3-4-23-11)29-19-15(21)6-13(7-16(19)22)10-28-18-8-17-24-12(2)9-26(17)20(27)25-18/h3-8,12,24H,9-10H2,1-2H3/t12-/m1/s1. The van der Waals surface area contributed by atoms with Gasteiger partial charge in [-0.25, -0.2) is 13.6 Å². The molecule has 1 aromatic carbocycles. The molecule has 4 rings (SSSR count). The number of nitrogens with one attached hydrogen (secondary N) is 1. The van der Waals surface area contributed by atoms with E-state index < -0.39 is 23.1 Å². The Morgan fingerprint density at radius 3 is 2.72 bits per heavy atom. The van der Waals surface area contributed by atoms with Crippen LogP contribution in [0.15, 0.2) is 41.3 Å². The predicted octanol–water partition coefficient (Wildman–Crippen LogP) is 3.41. The molecule has 1 aliphatic heterocycles. The van der Waals surface area contributed by atoms with Crippen molar-refractivity contribution in [2.24, 2.45) is 0 Å². The topological polar surface area (TPSA) is 78.3 Å². The molecule has 0 bridgehead atoms. The van der Waals surface area contributed by atoms with E-state index in [0.29, 0.717) is 18.1 Å². The second-order valence-corrected chi connectivity index (χ2v) is 6.83. The smallest absolute Gasteiger partial charge is 0.352 e. The second-order valence-electron chi connectivity index (χ2n) is 6.83. The monoisotopic (exact) mass is 400 g/mol. The van der Waals surface area contributed by atoms with E-state index >= 15 is 0 Å². The Balaban J connectivity index is 1.50. The Morgan fingerprint density at radius 2 is 2.00 bits per heavy atom. The van der Waals surface area contributed by atoms with Crippen LogP contribution >= 0.6 is 0 Å². The van der Waals surface area contributed by atoms with Crippen LogP contribution in [0.5, 0.6) is 17.4 Å². The minimum absolute atomic E-state index is 0.0799. The molecule has 0 spiro atoms. The van der Waals surface area contributed by atoms with Gasteiger partial charge in [-0.3, -0.25) is 9.55 Å². The molecule has 0 unspecified atom stereocenters. The van der Waals surface area contributed by atoms with Crippen molar-refractivity contribution in [2.45, 2.75) is 33.0 Å². The van der Waals surface area contributed by atoms with E-state index in [1.54, 1.807) is 19.1 Å². The minimum Gasteiger partial charge on any atom is -0.473 e. The van der Waals surface area contributed by atoms with Gasteiger partial charge in [-0.2, -0.15) is 4.98 Å². The number of hydrogen-bond acceptors (Lipinski definition) is 6. The molecule has 2 aromatic heterocycles. The van der Waals surface area contributed by atoms with E-state index in [2.05, 4.69) is 15.3 Å². The van der Waals surface area contributed by atoms with Crippen LogP contribution < -0.4 is 20.5 Å². The van der Waals surface area contributed by atoms with Crippen LogP contribution in [0.25, 0.3) is 0 Å². The Labute approximate surface area is 165 Å². The summed E-state index contributed by atoms with van der Waals surface area (Å²) < 4.78 is 41.1. The summed E-state index contributed by atoms with van der Waals surface area (Å²) in [5.41, 5.74) is 0.458. The van der Waals surface area contributed by atoms with Gasteiger partial charge >= 0.3 is 5.69 Å². The molecule has 150 valence electrons. The van der Waals surface area contributed by atoms with E-state index in [0.717, 1.165) is 12.1 Å². The van der Waals surface area contributed by atoms with Crippen LogP contribution in [-0.4, -0.2) is 20.6 Å². The summed E-state index contributed by atoms with van der Waals surface area (Å²) in [6, 6.07) is 7.01. The number of benzene rings is 1. The molecule has 0 saturated carbocycles. The van der Waals surface area contributed by atoms with Crippen molar-refractivity contribution in [2.75, 3.05) is 5.32 Å². The molecule has 1 N–H and O–H groups in total. The Hall–Kier alpha value is -3.49. The number of aromatic nitrogens is 3. The highest BCUT2D eigenvalue weighted by molar-refractivity contribution is 5.43. The summed E-state index contributed by atoms with van der Waals surface area (Å²) in [6.07, 6.45) is 1.49. The van der Waals surface area contributed by atoms with Crippen molar-refractivity contribution in [1.29, 1.82) is 0 Å². The quantitative estimate of drug-likeness (QED) is 0.707. The van der Waals surface area contributed by atoms with E-state index in [9.17, 15) is 13.6 Å². The van der Waals surface area contributed by atoms with Gasteiger partial charge in [0.05, 0.1) is 0 Å². The van der Waals surface area contributed by atoms with E-state index in [1.807, 2.05) is 6.92 Å². The highest BCUT2D eigenvalue weighted by Crippen LogP contribution is 2.29. The summed E-state index contributed by atoms with van der Waals surface area (Å²) in [4.78, 5) is 19.9. The van der Waals surface area contributed by atoms with Gasteiger partial charge < -0.3 is 14.8 Å². The predicted molar refractivity (Wildman–Crippen MR) is 101 cm³/mol. The molecule has 9 heteroatoms. The molecule has 3 heterocycles. The number of hydrogen-bond donors (Lipinski definition) is 1. The van der Waals surface area contributed by atoms with Crippen molar-refractivity contribution in [3.8, 4) is 17.4 Å². The zero-order chi connectivity index (χ0) is 20.5. The summed E-state index contributed by atoms with van der Waals surface area (Å²) in [7, 11) is 0. The lowest BCUT2D eigenvalue weighted by atomic mass is 10.2. The molecule has 0 saturated heterocycles. The van der Waals surface area contributed by atoms with Crippen molar-refractivity contribution in [3.05, 3.63) is 69.9 Å². The number of halogens is 2. The van der Waals surface area contributed by atoms with Crippen LogP contribution in [0.2, 0.25) is 0 Å². The van der Waals surface area contributed by atoms with Crippen molar-refractivity contribution in [1.82, 2.24) is 14.5 Å². The van der Waals surface area contributed by atoms with Crippen LogP contribution in [0, 0.1) is 18.6 Å². The number of rotatable bonds is 5. The van der Waals surface area contributed by atoms with Gasteiger partial charge in [0.25, 0.3) is 0 Å². The third-order valence-electron chi connectivity index (χ3n) is 4.37. The first-order chi connectivity index (χ1) is 13.9. The lowest BCUT2D eigenvalue weighted by molar-refractivity contribution is 0.289. The van der Waals surface area contributed by atoms with Crippen LogP contribution in [0.4, 0.5) is 14.6 Å². The first kappa shape index (κ1) is 18.9. The summed E-state index contributed by atoms with van der Waals surface area (Å²) in [6.45, 7) is 4.05.